The highest BCUT2D eigenvalue weighted by atomic mass is 16.5. The Kier molecular flexibility index (Phi) is 5.21. The third kappa shape index (κ3) is 3.63. The van der Waals surface area contributed by atoms with Crippen LogP contribution < -0.4 is 9.47 Å². The molecule has 1 aromatic carbocycles. The van der Waals surface area contributed by atoms with E-state index in [2.05, 4.69) is 0 Å². The number of hydrogen-bond donors (Lipinski definition) is 1. The van der Waals surface area contributed by atoms with Crippen molar-refractivity contribution in [1.29, 1.82) is 0 Å². The fourth-order valence-electron chi connectivity index (χ4n) is 2.26. The lowest BCUT2D eigenvalue weighted by Gasteiger charge is -2.24. The molecule has 0 fully saturated rings. The number of ether oxygens (including phenoxy) is 2. The van der Waals surface area contributed by atoms with Crippen molar-refractivity contribution in [3.05, 3.63) is 23.8 Å². The molecule has 1 N–H and O–H groups in total. The molecule has 4 nitrogen and oxygen atoms in total. The Morgan fingerprint density at radius 1 is 1.26 bits per heavy atom. The smallest absolute Gasteiger partial charge is 0.309 e. The van der Waals surface area contributed by atoms with E-state index in [0.29, 0.717) is 24.3 Å². The first-order valence-electron chi connectivity index (χ1n) is 6.41. The maximum absolute atomic E-state index is 11.4. The van der Waals surface area contributed by atoms with Crippen LogP contribution in [0, 0.1) is 5.41 Å². The van der Waals surface area contributed by atoms with E-state index in [1.807, 2.05) is 25.1 Å². The maximum atomic E-state index is 11.4. The minimum absolute atomic E-state index is 0.483. The Bertz CT molecular complexity index is 442. The first kappa shape index (κ1) is 15.3. The van der Waals surface area contributed by atoms with Crippen molar-refractivity contribution in [2.24, 2.45) is 5.41 Å². The molecule has 0 saturated heterocycles. The van der Waals surface area contributed by atoms with Crippen LogP contribution in [0.4, 0.5) is 0 Å². The molecule has 1 rings (SSSR count). The number of aliphatic carboxylic acids is 1. The first-order valence-corrected chi connectivity index (χ1v) is 6.41. The van der Waals surface area contributed by atoms with Crippen LogP contribution in [-0.4, -0.2) is 25.3 Å². The molecule has 0 saturated carbocycles. The Morgan fingerprint density at radius 3 is 2.37 bits per heavy atom. The Labute approximate surface area is 114 Å². The van der Waals surface area contributed by atoms with Gasteiger partial charge in [-0.3, -0.25) is 4.79 Å². The summed E-state index contributed by atoms with van der Waals surface area (Å²) in [5.74, 6) is 0.521. The van der Waals surface area contributed by atoms with E-state index in [9.17, 15) is 9.90 Å². The summed E-state index contributed by atoms with van der Waals surface area (Å²) >= 11 is 0. The number of carboxylic acids is 1. The molecule has 1 unspecified atom stereocenters. The summed E-state index contributed by atoms with van der Waals surface area (Å²) in [7, 11) is 3.15. The van der Waals surface area contributed by atoms with Crippen molar-refractivity contribution in [3.63, 3.8) is 0 Å². The summed E-state index contributed by atoms with van der Waals surface area (Å²) in [5.41, 5.74) is 0.199. The highest BCUT2D eigenvalue weighted by Crippen LogP contribution is 2.33. The maximum Gasteiger partial charge on any atom is 0.309 e. The molecule has 0 aliphatic heterocycles. The summed E-state index contributed by atoms with van der Waals surface area (Å²) in [6.45, 7) is 3.78. The van der Waals surface area contributed by atoms with Crippen LogP contribution in [-0.2, 0) is 11.2 Å². The molecule has 0 radical (unpaired) electrons. The molecular formula is C15H22O4. The fourth-order valence-corrected chi connectivity index (χ4v) is 2.26. The van der Waals surface area contributed by atoms with Crippen LogP contribution in [0.15, 0.2) is 18.2 Å². The zero-order chi connectivity index (χ0) is 14.5. The number of benzene rings is 1. The second-order valence-electron chi connectivity index (χ2n) is 4.98. The molecular weight excluding hydrogens is 244 g/mol. The van der Waals surface area contributed by atoms with Crippen LogP contribution in [0.3, 0.4) is 0 Å². The van der Waals surface area contributed by atoms with Gasteiger partial charge in [-0.2, -0.15) is 0 Å². The van der Waals surface area contributed by atoms with E-state index >= 15 is 0 Å². The number of methoxy groups -OCH3 is 2. The third-order valence-electron chi connectivity index (χ3n) is 3.36. The Morgan fingerprint density at radius 2 is 1.89 bits per heavy atom. The number of carbonyl (C=O) groups is 1. The van der Waals surface area contributed by atoms with Gasteiger partial charge in [-0.1, -0.05) is 19.4 Å². The van der Waals surface area contributed by atoms with Gasteiger partial charge in [-0.15, -0.1) is 0 Å². The summed E-state index contributed by atoms with van der Waals surface area (Å²) in [6.07, 6.45) is 1.98. The number of hydrogen-bond acceptors (Lipinski definition) is 3. The van der Waals surface area contributed by atoms with Gasteiger partial charge >= 0.3 is 5.97 Å². The summed E-state index contributed by atoms with van der Waals surface area (Å²) in [4.78, 5) is 11.4. The van der Waals surface area contributed by atoms with Crippen molar-refractivity contribution in [3.8, 4) is 11.5 Å². The van der Waals surface area contributed by atoms with Gasteiger partial charge in [-0.05, 0) is 37.5 Å². The monoisotopic (exact) mass is 266 g/mol. The molecule has 4 heteroatoms. The SMILES string of the molecule is CCCC(C)(Cc1ccc(OC)c(OC)c1)C(=O)O. The summed E-state index contributed by atoms with van der Waals surface area (Å²) < 4.78 is 10.4. The number of carboxylic acid groups (broad SMARTS) is 1. The van der Waals surface area contributed by atoms with Crippen molar-refractivity contribution < 1.29 is 19.4 Å². The topological polar surface area (TPSA) is 55.8 Å². The van der Waals surface area contributed by atoms with Gasteiger partial charge in [0.1, 0.15) is 0 Å². The van der Waals surface area contributed by atoms with E-state index in [1.54, 1.807) is 21.1 Å². The van der Waals surface area contributed by atoms with Gasteiger partial charge in [-0.25, -0.2) is 0 Å². The van der Waals surface area contributed by atoms with Gasteiger partial charge in [0.25, 0.3) is 0 Å². The molecule has 19 heavy (non-hydrogen) atoms. The highest BCUT2D eigenvalue weighted by molar-refractivity contribution is 5.74. The van der Waals surface area contributed by atoms with Crippen LogP contribution in [0.1, 0.15) is 32.3 Å². The minimum atomic E-state index is -0.760. The van der Waals surface area contributed by atoms with E-state index < -0.39 is 11.4 Å². The Hall–Kier alpha value is -1.71. The third-order valence-corrected chi connectivity index (χ3v) is 3.36. The van der Waals surface area contributed by atoms with Gasteiger partial charge < -0.3 is 14.6 Å². The highest BCUT2D eigenvalue weighted by Gasteiger charge is 2.32. The van der Waals surface area contributed by atoms with Gasteiger partial charge in [0.15, 0.2) is 11.5 Å². The molecule has 0 spiro atoms. The van der Waals surface area contributed by atoms with Crippen molar-refractivity contribution in [1.82, 2.24) is 0 Å². The predicted octanol–water partition coefficient (Wildman–Crippen LogP) is 3.14. The first-order chi connectivity index (χ1) is 8.96. The largest absolute Gasteiger partial charge is 0.493 e. The summed E-state index contributed by atoms with van der Waals surface area (Å²) in [6, 6.07) is 5.54. The molecule has 1 aromatic rings. The van der Waals surface area contributed by atoms with E-state index in [4.69, 9.17) is 9.47 Å². The average molecular weight is 266 g/mol. The van der Waals surface area contributed by atoms with E-state index in [0.717, 1.165) is 12.0 Å². The van der Waals surface area contributed by atoms with Crippen LogP contribution in [0.25, 0.3) is 0 Å². The Balaban J connectivity index is 3.00. The number of rotatable bonds is 7. The minimum Gasteiger partial charge on any atom is -0.493 e. The molecule has 0 amide bonds. The zero-order valence-corrected chi connectivity index (χ0v) is 12.0. The normalized spacial score (nSPS) is 13.7. The predicted molar refractivity (Wildman–Crippen MR) is 73.9 cm³/mol. The average Bonchev–Trinajstić information content (AvgIpc) is 2.38. The second kappa shape index (κ2) is 6.45. The fraction of sp³-hybridized carbons (Fsp3) is 0.533. The van der Waals surface area contributed by atoms with Crippen molar-refractivity contribution in [2.45, 2.75) is 33.1 Å². The molecule has 0 aliphatic carbocycles. The molecule has 0 aliphatic rings. The molecule has 0 aromatic heterocycles. The standard InChI is InChI=1S/C15H22O4/c1-5-8-15(2,14(16)17)10-11-6-7-12(18-3)13(9-11)19-4/h6-7,9H,5,8,10H2,1-4H3,(H,16,17). The van der Waals surface area contributed by atoms with Gasteiger partial charge in [0, 0.05) is 0 Å². The van der Waals surface area contributed by atoms with Crippen LogP contribution >= 0.6 is 0 Å². The zero-order valence-electron chi connectivity index (χ0n) is 12.0. The van der Waals surface area contributed by atoms with Crippen molar-refractivity contribution >= 4 is 5.97 Å². The van der Waals surface area contributed by atoms with E-state index in [1.165, 1.54) is 0 Å². The van der Waals surface area contributed by atoms with Gasteiger partial charge in [0.2, 0.25) is 0 Å². The molecule has 106 valence electrons. The van der Waals surface area contributed by atoms with Crippen molar-refractivity contribution in [2.75, 3.05) is 14.2 Å². The van der Waals surface area contributed by atoms with Gasteiger partial charge in [0.05, 0.1) is 19.6 Å². The summed E-state index contributed by atoms with van der Waals surface area (Å²) in [5, 5.41) is 9.40. The van der Waals surface area contributed by atoms with Crippen LogP contribution in [0.2, 0.25) is 0 Å². The second-order valence-corrected chi connectivity index (χ2v) is 4.98. The molecule has 0 bridgehead atoms. The lowest BCUT2D eigenvalue weighted by molar-refractivity contribution is -0.148. The lowest BCUT2D eigenvalue weighted by atomic mass is 9.80. The quantitative estimate of drug-likeness (QED) is 0.823. The molecule has 0 heterocycles. The van der Waals surface area contributed by atoms with E-state index in [-0.39, 0.29) is 0 Å². The van der Waals surface area contributed by atoms with Crippen LogP contribution in [0.5, 0.6) is 11.5 Å². The molecule has 1 atom stereocenters. The lowest BCUT2D eigenvalue weighted by Crippen LogP contribution is -2.29.